The van der Waals surface area contributed by atoms with Crippen LogP contribution < -0.4 is 0 Å². The van der Waals surface area contributed by atoms with Crippen molar-refractivity contribution in [3.8, 4) is 0 Å². The first kappa shape index (κ1) is 31.8. The van der Waals surface area contributed by atoms with Crippen LogP contribution in [0.2, 0.25) is 0 Å². The molecular weight excluding hydrogens is 475 g/mol. The summed E-state index contributed by atoms with van der Waals surface area (Å²) < 4.78 is 42.8. The van der Waals surface area contributed by atoms with Crippen LogP contribution in [0.3, 0.4) is 0 Å². The van der Waals surface area contributed by atoms with E-state index in [1.54, 1.807) is 83.1 Å². The number of rotatable bonds is 5. The molecule has 0 aliphatic carbocycles. The van der Waals surface area contributed by atoms with E-state index >= 15 is 4.39 Å². The molecule has 36 heavy (non-hydrogen) atoms. The lowest BCUT2D eigenvalue weighted by atomic mass is 9.93. The minimum absolute atomic E-state index is 0.484. The molecule has 0 aromatic rings. The van der Waals surface area contributed by atoms with Crippen LogP contribution in [0.4, 0.5) is 4.39 Å². The lowest BCUT2D eigenvalue weighted by Crippen LogP contribution is -2.62. The fraction of sp³-hybridized carbons (Fsp3) is 0.846. The maximum absolute atomic E-state index is 15.4. The summed E-state index contributed by atoms with van der Waals surface area (Å²) in [7, 11) is 0. The van der Waals surface area contributed by atoms with Crippen LogP contribution in [0.1, 0.15) is 83.1 Å². The molecule has 0 spiro atoms. The van der Waals surface area contributed by atoms with Crippen molar-refractivity contribution in [3.05, 3.63) is 0 Å². The summed E-state index contributed by atoms with van der Waals surface area (Å²) in [6.45, 7) is 18.8. The highest BCUT2D eigenvalue weighted by Crippen LogP contribution is 2.34. The lowest BCUT2D eigenvalue weighted by molar-refractivity contribution is -0.283. The molecule has 1 aliphatic heterocycles. The number of hydrogen-bond donors (Lipinski definition) is 0. The predicted molar refractivity (Wildman–Crippen MR) is 128 cm³/mol. The molecule has 1 rings (SSSR count). The predicted octanol–water partition coefficient (Wildman–Crippen LogP) is 4.14. The molecule has 9 nitrogen and oxygen atoms in total. The summed E-state index contributed by atoms with van der Waals surface area (Å²) in [6.07, 6.45) is -8.30. The Kier molecular flexibility index (Phi) is 9.74. The molecule has 1 heterocycles. The van der Waals surface area contributed by atoms with Gasteiger partial charge in [-0.3, -0.25) is 19.2 Å². The van der Waals surface area contributed by atoms with Gasteiger partial charge >= 0.3 is 23.9 Å². The monoisotopic (exact) mass is 518 g/mol. The number of esters is 4. The summed E-state index contributed by atoms with van der Waals surface area (Å²) in [5, 5.41) is 0. The van der Waals surface area contributed by atoms with E-state index in [2.05, 4.69) is 0 Å². The Bertz CT molecular complexity index is 824. The standard InChI is InChI=1S/C26H43FO9/c1-23(2,3)19(28)32-13-14-15(34-20(29)24(4,5)6)16(35-21(30)25(7,8)9)17(18(27)33-14)36-22(31)26(10,11)12/h14-18H,13H2,1-12H3/t14-,15?,16-,17+,18+/m0/s1. The van der Waals surface area contributed by atoms with Crippen LogP contribution in [-0.2, 0) is 42.9 Å². The van der Waals surface area contributed by atoms with Gasteiger partial charge in [0.05, 0.1) is 21.7 Å². The van der Waals surface area contributed by atoms with Crippen molar-refractivity contribution in [1.82, 2.24) is 0 Å². The zero-order valence-corrected chi connectivity index (χ0v) is 23.6. The van der Waals surface area contributed by atoms with Gasteiger partial charge in [-0.1, -0.05) is 0 Å². The zero-order chi connectivity index (χ0) is 28.4. The molecule has 0 N–H and O–H groups in total. The molecule has 10 heteroatoms. The summed E-state index contributed by atoms with van der Waals surface area (Å²) in [5.74, 6) is -2.79. The van der Waals surface area contributed by atoms with Crippen molar-refractivity contribution in [2.45, 2.75) is 114 Å². The van der Waals surface area contributed by atoms with Gasteiger partial charge in [0.25, 0.3) is 0 Å². The van der Waals surface area contributed by atoms with E-state index in [0.29, 0.717) is 0 Å². The molecule has 1 aliphatic rings. The van der Waals surface area contributed by atoms with Gasteiger partial charge in [-0.15, -0.1) is 0 Å². The van der Waals surface area contributed by atoms with Crippen LogP contribution in [0.5, 0.6) is 0 Å². The van der Waals surface area contributed by atoms with E-state index in [9.17, 15) is 19.2 Å². The maximum Gasteiger partial charge on any atom is 0.311 e. The van der Waals surface area contributed by atoms with E-state index in [1.165, 1.54) is 0 Å². The third-order valence-electron chi connectivity index (χ3n) is 5.13. The number of carbonyl (C=O) groups is 4. The van der Waals surface area contributed by atoms with Gasteiger partial charge in [-0.25, -0.2) is 4.39 Å². The average molecular weight is 519 g/mol. The molecule has 1 unspecified atom stereocenters. The van der Waals surface area contributed by atoms with Gasteiger partial charge in [0, 0.05) is 0 Å². The van der Waals surface area contributed by atoms with Crippen molar-refractivity contribution in [1.29, 1.82) is 0 Å². The van der Waals surface area contributed by atoms with Gasteiger partial charge in [0.15, 0.2) is 18.3 Å². The maximum atomic E-state index is 15.4. The van der Waals surface area contributed by atoms with E-state index in [0.717, 1.165) is 0 Å². The normalized spacial score (nSPS) is 25.5. The summed E-state index contributed by atoms with van der Waals surface area (Å²) in [5.41, 5.74) is -3.84. The minimum atomic E-state index is -2.25. The molecule has 0 radical (unpaired) electrons. The Morgan fingerprint density at radius 1 is 0.583 bits per heavy atom. The first-order valence-corrected chi connectivity index (χ1v) is 12.1. The molecule has 208 valence electrons. The number of hydrogen-bond acceptors (Lipinski definition) is 9. The molecule has 1 fully saturated rings. The Labute approximate surface area is 213 Å². The summed E-state index contributed by atoms with van der Waals surface area (Å²) in [6, 6.07) is 0. The number of carbonyl (C=O) groups excluding carboxylic acids is 4. The van der Waals surface area contributed by atoms with Gasteiger partial charge in [-0.2, -0.15) is 0 Å². The number of alkyl halides is 1. The lowest BCUT2D eigenvalue weighted by Gasteiger charge is -2.43. The van der Waals surface area contributed by atoms with Crippen LogP contribution >= 0.6 is 0 Å². The van der Waals surface area contributed by atoms with Crippen molar-refractivity contribution in [2.75, 3.05) is 6.61 Å². The second-order valence-corrected chi connectivity index (χ2v) is 13.2. The highest BCUT2D eigenvalue weighted by atomic mass is 19.1. The van der Waals surface area contributed by atoms with Crippen molar-refractivity contribution >= 4 is 23.9 Å². The molecule has 1 saturated heterocycles. The third-order valence-corrected chi connectivity index (χ3v) is 5.13. The molecule has 5 atom stereocenters. The first-order chi connectivity index (χ1) is 16.0. The topological polar surface area (TPSA) is 114 Å². The average Bonchev–Trinajstić information content (AvgIpc) is 2.67. The SMILES string of the molecule is CC(C)(C)C(=O)OC[C@@H]1O[C@@H](F)[C@H](OC(=O)C(C)(C)C)[C@@H](OC(=O)C(C)(C)C)C1OC(=O)C(C)(C)C. The minimum Gasteiger partial charge on any atom is -0.462 e. The van der Waals surface area contributed by atoms with Crippen LogP contribution in [-0.4, -0.2) is 61.3 Å². The van der Waals surface area contributed by atoms with Gasteiger partial charge in [-0.05, 0) is 83.1 Å². The van der Waals surface area contributed by atoms with Gasteiger partial charge in [0.2, 0.25) is 6.36 Å². The number of ether oxygens (including phenoxy) is 5. The number of halogens is 1. The Morgan fingerprint density at radius 3 is 1.28 bits per heavy atom. The van der Waals surface area contributed by atoms with Crippen molar-refractivity contribution in [2.24, 2.45) is 21.7 Å². The van der Waals surface area contributed by atoms with E-state index in [4.69, 9.17) is 23.7 Å². The molecule has 0 aromatic heterocycles. The van der Waals surface area contributed by atoms with Crippen LogP contribution in [0, 0.1) is 21.7 Å². The zero-order valence-electron chi connectivity index (χ0n) is 23.6. The molecule has 0 aromatic carbocycles. The van der Waals surface area contributed by atoms with E-state index in [1.807, 2.05) is 0 Å². The van der Waals surface area contributed by atoms with Gasteiger partial charge in [0.1, 0.15) is 12.7 Å². The molecular formula is C26H43FO9. The van der Waals surface area contributed by atoms with Crippen molar-refractivity contribution in [3.63, 3.8) is 0 Å². The van der Waals surface area contributed by atoms with Crippen LogP contribution in [0.15, 0.2) is 0 Å². The smallest absolute Gasteiger partial charge is 0.311 e. The second kappa shape index (κ2) is 11.0. The summed E-state index contributed by atoms with van der Waals surface area (Å²) >= 11 is 0. The van der Waals surface area contributed by atoms with E-state index in [-0.39, 0.29) is 0 Å². The molecule has 0 amide bonds. The summed E-state index contributed by atoms with van der Waals surface area (Å²) in [4.78, 5) is 50.7. The van der Waals surface area contributed by atoms with Crippen molar-refractivity contribution < 1.29 is 47.3 Å². The highest BCUT2D eigenvalue weighted by Gasteiger charge is 2.55. The van der Waals surface area contributed by atoms with Gasteiger partial charge < -0.3 is 23.7 Å². The largest absolute Gasteiger partial charge is 0.462 e. The van der Waals surface area contributed by atoms with E-state index < -0.39 is 82.9 Å². The molecule has 0 saturated carbocycles. The highest BCUT2D eigenvalue weighted by molar-refractivity contribution is 5.78. The quantitative estimate of drug-likeness (QED) is 0.391. The Balaban J connectivity index is 3.50. The fourth-order valence-corrected chi connectivity index (χ4v) is 2.68. The third kappa shape index (κ3) is 8.71. The molecule has 0 bridgehead atoms. The Morgan fingerprint density at radius 2 is 0.917 bits per heavy atom. The second-order valence-electron chi connectivity index (χ2n) is 13.2. The van der Waals surface area contributed by atoms with Crippen LogP contribution in [0.25, 0.3) is 0 Å². The first-order valence-electron chi connectivity index (χ1n) is 12.1. The fourth-order valence-electron chi connectivity index (χ4n) is 2.68. The Hall–Kier alpha value is -2.23.